The van der Waals surface area contributed by atoms with Gasteiger partial charge in [-0.05, 0) is 41.9 Å². The molecule has 1 unspecified atom stereocenters. The van der Waals surface area contributed by atoms with Crippen molar-refractivity contribution < 1.29 is 19.0 Å². The highest BCUT2D eigenvalue weighted by molar-refractivity contribution is 9.10. The van der Waals surface area contributed by atoms with Crippen molar-refractivity contribution in [3.05, 3.63) is 28.0 Å². The molecule has 19 heavy (non-hydrogen) atoms. The quantitative estimate of drug-likeness (QED) is 0.868. The highest BCUT2D eigenvalue weighted by atomic mass is 79.9. The normalized spacial score (nSPS) is 12.3. The van der Waals surface area contributed by atoms with E-state index in [9.17, 15) is 9.18 Å². The van der Waals surface area contributed by atoms with Crippen LogP contribution < -0.4 is 4.90 Å². The molecule has 106 valence electrons. The second-order valence-corrected chi connectivity index (χ2v) is 4.95. The van der Waals surface area contributed by atoms with E-state index in [1.54, 1.807) is 7.11 Å². The number of carboxylic acid groups (broad SMARTS) is 1. The number of rotatable bonds is 6. The van der Waals surface area contributed by atoms with Crippen molar-refractivity contribution in [2.75, 3.05) is 25.2 Å². The molecule has 1 aromatic carbocycles. The van der Waals surface area contributed by atoms with Crippen molar-refractivity contribution >= 4 is 27.6 Å². The number of nitrogens with zero attached hydrogens (tertiary/aromatic N) is 1. The van der Waals surface area contributed by atoms with Gasteiger partial charge in [0, 0.05) is 19.7 Å². The SMILES string of the molecule is CCN(c1ccc(C(=O)O)c(Br)c1F)C(C)COC. The van der Waals surface area contributed by atoms with Gasteiger partial charge in [-0.25, -0.2) is 9.18 Å². The van der Waals surface area contributed by atoms with Crippen molar-refractivity contribution in [2.45, 2.75) is 19.9 Å². The minimum absolute atomic E-state index is 0.00734. The van der Waals surface area contributed by atoms with Crippen LogP contribution in [0.3, 0.4) is 0 Å². The number of carbonyl (C=O) groups is 1. The third kappa shape index (κ3) is 3.45. The highest BCUT2D eigenvalue weighted by Crippen LogP contribution is 2.30. The van der Waals surface area contributed by atoms with E-state index in [2.05, 4.69) is 15.9 Å². The molecule has 1 rings (SSSR count). The molecule has 0 aliphatic heterocycles. The summed E-state index contributed by atoms with van der Waals surface area (Å²) in [7, 11) is 1.59. The molecule has 0 spiro atoms. The molecule has 0 heterocycles. The molecule has 0 bridgehead atoms. The lowest BCUT2D eigenvalue weighted by molar-refractivity contribution is 0.0695. The van der Waals surface area contributed by atoms with Crippen LogP contribution in [0.5, 0.6) is 0 Å². The van der Waals surface area contributed by atoms with Crippen molar-refractivity contribution in [3.8, 4) is 0 Å². The number of halogens is 2. The summed E-state index contributed by atoms with van der Waals surface area (Å²) in [6.07, 6.45) is 0. The van der Waals surface area contributed by atoms with E-state index in [-0.39, 0.29) is 16.1 Å². The van der Waals surface area contributed by atoms with Gasteiger partial charge in [0.2, 0.25) is 0 Å². The summed E-state index contributed by atoms with van der Waals surface area (Å²) in [5, 5.41) is 8.94. The standard InChI is InChI=1S/C13H17BrFNO3/c1-4-16(8(2)7-19-3)10-6-5-9(13(17)18)11(14)12(10)15/h5-6,8H,4,7H2,1-3H3,(H,17,18). The molecule has 1 atom stereocenters. The van der Waals surface area contributed by atoms with Crippen LogP contribution in [0.15, 0.2) is 16.6 Å². The molecule has 0 fully saturated rings. The summed E-state index contributed by atoms with van der Waals surface area (Å²) in [5.74, 6) is -1.73. The Hall–Kier alpha value is -1.14. The van der Waals surface area contributed by atoms with E-state index >= 15 is 0 Å². The van der Waals surface area contributed by atoms with Gasteiger partial charge in [-0.3, -0.25) is 0 Å². The van der Waals surface area contributed by atoms with Crippen LogP contribution in [0.2, 0.25) is 0 Å². The largest absolute Gasteiger partial charge is 0.478 e. The number of hydrogen-bond donors (Lipinski definition) is 1. The fraction of sp³-hybridized carbons (Fsp3) is 0.462. The average molecular weight is 334 g/mol. The van der Waals surface area contributed by atoms with E-state index < -0.39 is 11.8 Å². The van der Waals surface area contributed by atoms with Gasteiger partial charge in [-0.1, -0.05) is 0 Å². The molecule has 6 heteroatoms. The maximum Gasteiger partial charge on any atom is 0.336 e. The summed E-state index contributed by atoms with van der Waals surface area (Å²) in [6, 6.07) is 2.87. The van der Waals surface area contributed by atoms with Crippen molar-refractivity contribution in [1.29, 1.82) is 0 Å². The predicted octanol–water partition coefficient (Wildman–Crippen LogP) is 3.15. The fourth-order valence-electron chi connectivity index (χ4n) is 1.98. The van der Waals surface area contributed by atoms with Crippen molar-refractivity contribution in [1.82, 2.24) is 0 Å². The van der Waals surface area contributed by atoms with E-state index in [4.69, 9.17) is 9.84 Å². The summed E-state index contributed by atoms with van der Waals surface area (Å²) in [5.41, 5.74) is 0.278. The zero-order valence-electron chi connectivity index (χ0n) is 11.1. The lowest BCUT2D eigenvalue weighted by Crippen LogP contribution is -2.36. The zero-order valence-corrected chi connectivity index (χ0v) is 12.7. The van der Waals surface area contributed by atoms with Gasteiger partial charge >= 0.3 is 5.97 Å². The lowest BCUT2D eigenvalue weighted by atomic mass is 10.1. The Morgan fingerprint density at radius 1 is 1.58 bits per heavy atom. The highest BCUT2D eigenvalue weighted by Gasteiger charge is 2.21. The second kappa shape index (κ2) is 6.86. The van der Waals surface area contributed by atoms with Gasteiger partial charge in [-0.15, -0.1) is 0 Å². The van der Waals surface area contributed by atoms with Crippen molar-refractivity contribution in [3.63, 3.8) is 0 Å². The van der Waals surface area contributed by atoms with Crippen LogP contribution in [0.4, 0.5) is 10.1 Å². The molecule has 0 aromatic heterocycles. The van der Waals surface area contributed by atoms with Crippen LogP contribution in [0, 0.1) is 5.82 Å². The minimum atomic E-state index is -1.16. The van der Waals surface area contributed by atoms with E-state index in [1.807, 2.05) is 18.7 Å². The summed E-state index contributed by atoms with van der Waals surface area (Å²) in [4.78, 5) is 12.8. The first-order chi connectivity index (χ1) is 8.93. The summed E-state index contributed by atoms with van der Waals surface area (Å²) >= 11 is 3.00. The lowest BCUT2D eigenvalue weighted by Gasteiger charge is -2.30. The Kier molecular flexibility index (Phi) is 5.75. The van der Waals surface area contributed by atoms with Crippen molar-refractivity contribution in [2.24, 2.45) is 0 Å². The maximum absolute atomic E-state index is 14.3. The number of ether oxygens (including phenoxy) is 1. The smallest absolute Gasteiger partial charge is 0.336 e. The first-order valence-electron chi connectivity index (χ1n) is 5.90. The molecule has 0 aliphatic rings. The van der Waals surface area contributed by atoms with Crippen LogP contribution in [-0.4, -0.2) is 37.4 Å². The Bertz CT molecular complexity index is 467. The van der Waals surface area contributed by atoms with E-state index in [0.717, 1.165) is 0 Å². The molecule has 0 amide bonds. The Balaban J connectivity index is 3.19. The second-order valence-electron chi connectivity index (χ2n) is 4.16. The van der Waals surface area contributed by atoms with Gasteiger partial charge in [0.25, 0.3) is 0 Å². The third-order valence-electron chi connectivity index (χ3n) is 2.88. The number of anilines is 1. The first kappa shape index (κ1) is 15.9. The Morgan fingerprint density at radius 3 is 2.68 bits per heavy atom. The van der Waals surface area contributed by atoms with Crippen LogP contribution >= 0.6 is 15.9 Å². The van der Waals surface area contributed by atoms with E-state index in [0.29, 0.717) is 18.8 Å². The third-order valence-corrected chi connectivity index (χ3v) is 3.66. The monoisotopic (exact) mass is 333 g/mol. The Morgan fingerprint density at radius 2 is 2.21 bits per heavy atom. The average Bonchev–Trinajstić information content (AvgIpc) is 2.35. The van der Waals surface area contributed by atoms with Gasteiger partial charge in [0.15, 0.2) is 5.82 Å². The number of hydrogen-bond acceptors (Lipinski definition) is 3. The maximum atomic E-state index is 14.3. The molecule has 0 radical (unpaired) electrons. The minimum Gasteiger partial charge on any atom is -0.478 e. The van der Waals surface area contributed by atoms with Crippen LogP contribution in [0.25, 0.3) is 0 Å². The Labute approximate surface area is 120 Å². The van der Waals surface area contributed by atoms with Crippen LogP contribution in [0.1, 0.15) is 24.2 Å². The van der Waals surface area contributed by atoms with Crippen LogP contribution in [-0.2, 0) is 4.74 Å². The molecule has 0 saturated carbocycles. The predicted molar refractivity (Wildman–Crippen MR) is 75.4 cm³/mol. The number of benzene rings is 1. The van der Waals surface area contributed by atoms with Gasteiger partial charge in [0.05, 0.1) is 22.3 Å². The summed E-state index contributed by atoms with van der Waals surface area (Å²) in [6.45, 7) is 4.89. The molecule has 1 N–H and O–H groups in total. The zero-order chi connectivity index (χ0) is 14.6. The topological polar surface area (TPSA) is 49.8 Å². The molecule has 1 aromatic rings. The molecule has 0 saturated heterocycles. The number of aromatic carboxylic acids is 1. The number of likely N-dealkylation sites (N-methyl/N-ethyl adjacent to an activating group) is 1. The number of carboxylic acids is 1. The van der Waals surface area contributed by atoms with E-state index in [1.165, 1.54) is 12.1 Å². The number of methoxy groups -OCH3 is 1. The molecular formula is C13H17BrFNO3. The molecule has 0 aliphatic carbocycles. The van der Waals surface area contributed by atoms with Gasteiger partial charge in [0.1, 0.15) is 0 Å². The van der Waals surface area contributed by atoms with Gasteiger partial charge < -0.3 is 14.7 Å². The molecule has 4 nitrogen and oxygen atoms in total. The summed E-state index contributed by atoms with van der Waals surface area (Å²) < 4.78 is 19.3. The van der Waals surface area contributed by atoms with Gasteiger partial charge in [-0.2, -0.15) is 0 Å². The fourth-order valence-corrected chi connectivity index (χ4v) is 2.48. The molecular weight excluding hydrogens is 317 g/mol. The first-order valence-corrected chi connectivity index (χ1v) is 6.70.